The summed E-state index contributed by atoms with van der Waals surface area (Å²) < 4.78 is 11.0. The highest BCUT2D eigenvalue weighted by Crippen LogP contribution is 2.20. The molecule has 0 bridgehead atoms. The quantitative estimate of drug-likeness (QED) is 0.722. The molecule has 1 rings (SSSR count). The Kier molecular flexibility index (Phi) is 6.76. The monoisotopic (exact) mass is 251 g/mol. The van der Waals surface area contributed by atoms with Gasteiger partial charge in [0.15, 0.2) is 0 Å². The second-order valence-corrected chi connectivity index (χ2v) is 4.94. The van der Waals surface area contributed by atoms with Crippen molar-refractivity contribution < 1.29 is 9.47 Å². The van der Waals surface area contributed by atoms with Crippen LogP contribution in [0.2, 0.25) is 0 Å². The van der Waals surface area contributed by atoms with Gasteiger partial charge in [-0.3, -0.25) is 0 Å². The summed E-state index contributed by atoms with van der Waals surface area (Å²) in [4.78, 5) is 0. The summed E-state index contributed by atoms with van der Waals surface area (Å²) >= 11 is 0. The molecular formula is C15H25NO2. The zero-order valence-corrected chi connectivity index (χ0v) is 11.7. The second kappa shape index (κ2) is 8.11. The molecule has 1 aromatic carbocycles. The van der Waals surface area contributed by atoms with Crippen molar-refractivity contribution >= 4 is 0 Å². The molecule has 102 valence electrons. The molecule has 0 spiro atoms. The van der Waals surface area contributed by atoms with Gasteiger partial charge in [-0.2, -0.15) is 0 Å². The van der Waals surface area contributed by atoms with Crippen LogP contribution in [-0.2, 0) is 17.9 Å². The fourth-order valence-electron chi connectivity index (χ4n) is 1.85. The average molecular weight is 251 g/mol. The standard InChI is InChI=1S/C15H25NO2/c1-12(2)5-4-8-18-11-14-9-13(10-16)6-7-15(14)17-3/h6-7,9,12H,4-5,8,10-11,16H2,1-3H3. The van der Waals surface area contributed by atoms with Gasteiger partial charge in [-0.05, 0) is 36.5 Å². The van der Waals surface area contributed by atoms with E-state index in [4.69, 9.17) is 15.2 Å². The molecule has 1 aromatic rings. The highest BCUT2D eigenvalue weighted by Gasteiger charge is 2.04. The van der Waals surface area contributed by atoms with Crippen molar-refractivity contribution in [3.05, 3.63) is 29.3 Å². The molecule has 0 fully saturated rings. The summed E-state index contributed by atoms with van der Waals surface area (Å²) in [5.41, 5.74) is 7.82. The maximum Gasteiger partial charge on any atom is 0.124 e. The predicted octanol–water partition coefficient (Wildman–Crippen LogP) is 3.11. The third-order valence-corrected chi connectivity index (χ3v) is 2.91. The van der Waals surface area contributed by atoms with Crippen molar-refractivity contribution in [3.63, 3.8) is 0 Å². The van der Waals surface area contributed by atoms with Gasteiger partial charge in [0, 0.05) is 18.7 Å². The number of hydrogen-bond acceptors (Lipinski definition) is 3. The fraction of sp³-hybridized carbons (Fsp3) is 0.600. The van der Waals surface area contributed by atoms with E-state index >= 15 is 0 Å². The largest absolute Gasteiger partial charge is 0.496 e. The zero-order chi connectivity index (χ0) is 13.4. The lowest BCUT2D eigenvalue weighted by molar-refractivity contribution is 0.113. The van der Waals surface area contributed by atoms with E-state index < -0.39 is 0 Å². The molecule has 0 aliphatic heterocycles. The average Bonchev–Trinajstić information content (AvgIpc) is 2.37. The third kappa shape index (κ3) is 5.07. The first kappa shape index (κ1) is 15.0. The molecule has 0 unspecified atom stereocenters. The van der Waals surface area contributed by atoms with Gasteiger partial charge in [0.25, 0.3) is 0 Å². The molecule has 0 atom stereocenters. The van der Waals surface area contributed by atoms with E-state index in [2.05, 4.69) is 19.9 Å². The molecular weight excluding hydrogens is 226 g/mol. The number of benzene rings is 1. The van der Waals surface area contributed by atoms with Gasteiger partial charge >= 0.3 is 0 Å². The van der Waals surface area contributed by atoms with Crippen molar-refractivity contribution in [3.8, 4) is 5.75 Å². The molecule has 0 aromatic heterocycles. The fourth-order valence-corrected chi connectivity index (χ4v) is 1.85. The van der Waals surface area contributed by atoms with E-state index in [-0.39, 0.29) is 0 Å². The minimum absolute atomic E-state index is 0.546. The highest BCUT2D eigenvalue weighted by molar-refractivity contribution is 5.36. The van der Waals surface area contributed by atoms with Gasteiger partial charge in [-0.25, -0.2) is 0 Å². The van der Waals surface area contributed by atoms with E-state index in [1.165, 1.54) is 6.42 Å². The van der Waals surface area contributed by atoms with Crippen LogP contribution < -0.4 is 10.5 Å². The lowest BCUT2D eigenvalue weighted by Gasteiger charge is -2.11. The van der Waals surface area contributed by atoms with E-state index in [1.807, 2.05) is 12.1 Å². The molecule has 18 heavy (non-hydrogen) atoms. The summed E-state index contributed by atoms with van der Waals surface area (Å²) in [7, 11) is 1.68. The zero-order valence-electron chi connectivity index (χ0n) is 11.7. The molecule has 0 aliphatic carbocycles. The Labute approximate surface area is 110 Å². The molecule has 3 heteroatoms. The minimum atomic E-state index is 0.546. The molecule has 0 saturated heterocycles. The molecule has 0 saturated carbocycles. The van der Waals surface area contributed by atoms with Gasteiger partial charge < -0.3 is 15.2 Å². The topological polar surface area (TPSA) is 44.5 Å². The van der Waals surface area contributed by atoms with Crippen molar-refractivity contribution in [2.45, 2.75) is 39.8 Å². The Balaban J connectivity index is 2.44. The Bertz CT molecular complexity index is 350. The van der Waals surface area contributed by atoms with Crippen LogP contribution in [0.25, 0.3) is 0 Å². The van der Waals surface area contributed by atoms with Crippen molar-refractivity contribution in [2.75, 3.05) is 13.7 Å². The molecule has 0 radical (unpaired) electrons. The van der Waals surface area contributed by atoms with Gasteiger partial charge in [0.05, 0.1) is 13.7 Å². The van der Waals surface area contributed by atoms with E-state index in [0.29, 0.717) is 13.2 Å². The molecule has 0 amide bonds. The highest BCUT2D eigenvalue weighted by atomic mass is 16.5. The first-order chi connectivity index (χ1) is 8.67. The summed E-state index contributed by atoms with van der Waals surface area (Å²) in [5.74, 6) is 1.61. The number of rotatable bonds is 8. The lowest BCUT2D eigenvalue weighted by atomic mass is 10.1. The minimum Gasteiger partial charge on any atom is -0.496 e. The maximum absolute atomic E-state index is 5.69. The van der Waals surface area contributed by atoms with Crippen LogP contribution in [0.4, 0.5) is 0 Å². The van der Waals surface area contributed by atoms with Gasteiger partial charge in [0.2, 0.25) is 0 Å². The third-order valence-electron chi connectivity index (χ3n) is 2.91. The Morgan fingerprint density at radius 1 is 1.28 bits per heavy atom. The van der Waals surface area contributed by atoms with Crippen LogP contribution in [0.3, 0.4) is 0 Å². The first-order valence-corrected chi connectivity index (χ1v) is 6.61. The van der Waals surface area contributed by atoms with Crippen LogP contribution in [0.5, 0.6) is 5.75 Å². The number of ether oxygens (including phenoxy) is 2. The van der Waals surface area contributed by atoms with Crippen LogP contribution in [0.1, 0.15) is 37.8 Å². The van der Waals surface area contributed by atoms with Crippen LogP contribution >= 0.6 is 0 Å². The van der Waals surface area contributed by atoms with Gasteiger partial charge in [0.1, 0.15) is 5.75 Å². The molecule has 0 heterocycles. The predicted molar refractivity (Wildman–Crippen MR) is 74.6 cm³/mol. The van der Waals surface area contributed by atoms with Crippen LogP contribution in [-0.4, -0.2) is 13.7 Å². The van der Waals surface area contributed by atoms with Gasteiger partial charge in [-0.15, -0.1) is 0 Å². The van der Waals surface area contributed by atoms with E-state index in [9.17, 15) is 0 Å². The van der Waals surface area contributed by atoms with E-state index in [0.717, 1.165) is 35.8 Å². The molecule has 2 N–H and O–H groups in total. The maximum atomic E-state index is 5.69. The Morgan fingerprint density at radius 3 is 2.67 bits per heavy atom. The van der Waals surface area contributed by atoms with Crippen molar-refractivity contribution in [1.82, 2.24) is 0 Å². The molecule has 0 aliphatic rings. The Morgan fingerprint density at radius 2 is 2.06 bits per heavy atom. The van der Waals surface area contributed by atoms with Crippen molar-refractivity contribution in [2.24, 2.45) is 11.7 Å². The second-order valence-electron chi connectivity index (χ2n) is 4.94. The van der Waals surface area contributed by atoms with Gasteiger partial charge in [-0.1, -0.05) is 19.9 Å². The SMILES string of the molecule is COc1ccc(CN)cc1COCCCC(C)C. The number of nitrogens with two attached hydrogens (primary N) is 1. The van der Waals surface area contributed by atoms with Crippen LogP contribution in [0, 0.1) is 5.92 Å². The normalized spacial score (nSPS) is 10.9. The van der Waals surface area contributed by atoms with Crippen molar-refractivity contribution in [1.29, 1.82) is 0 Å². The van der Waals surface area contributed by atoms with E-state index in [1.54, 1.807) is 7.11 Å². The number of methoxy groups -OCH3 is 1. The summed E-state index contributed by atoms with van der Waals surface area (Å²) in [6, 6.07) is 6.00. The first-order valence-electron chi connectivity index (χ1n) is 6.61. The smallest absolute Gasteiger partial charge is 0.124 e. The van der Waals surface area contributed by atoms with Crippen LogP contribution in [0.15, 0.2) is 18.2 Å². The summed E-state index contributed by atoms with van der Waals surface area (Å²) in [6.07, 6.45) is 2.32. The molecule has 3 nitrogen and oxygen atoms in total. The summed E-state index contributed by atoms with van der Waals surface area (Å²) in [5, 5.41) is 0. The Hall–Kier alpha value is -1.06. The number of hydrogen-bond donors (Lipinski definition) is 1. The summed E-state index contributed by atoms with van der Waals surface area (Å²) in [6.45, 7) is 6.40. The lowest BCUT2D eigenvalue weighted by Crippen LogP contribution is -2.02.